The number of likely N-dealkylation sites (tertiary alicyclic amines) is 1. The summed E-state index contributed by atoms with van der Waals surface area (Å²) in [6.07, 6.45) is 2.56. The van der Waals surface area contributed by atoms with Crippen LogP contribution in [0.4, 0.5) is 0 Å². The van der Waals surface area contributed by atoms with E-state index in [-0.39, 0.29) is 23.3 Å². The summed E-state index contributed by atoms with van der Waals surface area (Å²) in [5, 5.41) is 3.11. The highest BCUT2D eigenvalue weighted by atomic mass is 16.5. The van der Waals surface area contributed by atoms with Crippen molar-refractivity contribution in [1.82, 2.24) is 10.2 Å². The maximum Gasteiger partial charge on any atom is 0.226 e. The maximum atomic E-state index is 12.5. The van der Waals surface area contributed by atoms with Gasteiger partial charge in [-0.2, -0.15) is 0 Å². The Morgan fingerprint density at radius 3 is 2.52 bits per heavy atom. The Bertz CT molecular complexity index is 599. The third-order valence-corrected chi connectivity index (χ3v) is 4.39. The second kappa shape index (κ2) is 8.37. The monoisotopic (exact) mass is 346 g/mol. The second-order valence-corrected chi connectivity index (χ2v) is 7.99. The number of benzene rings is 1. The minimum atomic E-state index is -0.00249. The maximum absolute atomic E-state index is 12.5. The molecule has 0 atom stereocenters. The molecule has 2 amide bonds. The number of methoxy groups -OCH3 is 1. The van der Waals surface area contributed by atoms with Crippen LogP contribution in [0.3, 0.4) is 0 Å². The van der Waals surface area contributed by atoms with Gasteiger partial charge in [-0.25, -0.2) is 0 Å². The van der Waals surface area contributed by atoms with Crippen LogP contribution < -0.4 is 10.1 Å². The zero-order valence-corrected chi connectivity index (χ0v) is 15.8. The topological polar surface area (TPSA) is 58.6 Å². The molecule has 1 aromatic rings. The minimum absolute atomic E-state index is 0.00249. The van der Waals surface area contributed by atoms with Gasteiger partial charge in [0, 0.05) is 25.6 Å². The van der Waals surface area contributed by atoms with Crippen LogP contribution in [0.1, 0.15) is 45.6 Å². The zero-order valence-electron chi connectivity index (χ0n) is 15.8. The lowest BCUT2D eigenvalue weighted by Crippen LogP contribution is -2.47. The summed E-state index contributed by atoms with van der Waals surface area (Å²) in [5.74, 6) is 1.01. The number of hydrogen-bond acceptors (Lipinski definition) is 3. The highest BCUT2D eigenvalue weighted by molar-refractivity contribution is 5.79. The Balaban J connectivity index is 1.79. The van der Waals surface area contributed by atoms with Crippen molar-refractivity contribution in [3.8, 4) is 5.75 Å². The van der Waals surface area contributed by atoms with E-state index in [1.165, 1.54) is 0 Å². The summed E-state index contributed by atoms with van der Waals surface area (Å²) in [5.41, 5.74) is 0.960. The third kappa shape index (κ3) is 6.40. The minimum Gasteiger partial charge on any atom is -0.497 e. The molecule has 138 valence electrons. The van der Waals surface area contributed by atoms with Crippen LogP contribution in [0.15, 0.2) is 24.3 Å². The van der Waals surface area contributed by atoms with Crippen molar-refractivity contribution >= 4 is 11.8 Å². The Hall–Kier alpha value is -2.04. The van der Waals surface area contributed by atoms with E-state index in [0.29, 0.717) is 25.9 Å². The van der Waals surface area contributed by atoms with Gasteiger partial charge in [0.25, 0.3) is 0 Å². The normalized spacial score (nSPS) is 15.8. The van der Waals surface area contributed by atoms with E-state index in [1.54, 1.807) is 7.11 Å². The number of piperidine rings is 1. The van der Waals surface area contributed by atoms with Gasteiger partial charge in [0.15, 0.2) is 0 Å². The lowest BCUT2D eigenvalue weighted by atomic mass is 9.91. The Labute approximate surface area is 150 Å². The van der Waals surface area contributed by atoms with Crippen molar-refractivity contribution in [2.75, 3.05) is 20.2 Å². The van der Waals surface area contributed by atoms with E-state index in [9.17, 15) is 9.59 Å². The highest BCUT2D eigenvalue weighted by Gasteiger charge is 2.25. The number of carbonyl (C=O) groups excluding carboxylic acids is 2. The molecule has 5 heteroatoms. The fraction of sp³-hybridized carbons (Fsp3) is 0.600. The molecule has 5 nitrogen and oxygen atoms in total. The lowest BCUT2D eigenvalue weighted by molar-refractivity contribution is -0.131. The van der Waals surface area contributed by atoms with Crippen LogP contribution in [0.2, 0.25) is 0 Å². The number of hydrogen-bond donors (Lipinski definition) is 1. The number of nitrogens with zero attached hydrogens (tertiary/aromatic N) is 1. The second-order valence-electron chi connectivity index (χ2n) is 7.99. The van der Waals surface area contributed by atoms with Gasteiger partial charge in [0.1, 0.15) is 5.75 Å². The van der Waals surface area contributed by atoms with Gasteiger partial charge in [-0.05, 0) is 36.0 Å². The van der Waals surface area contributed by atoms with Crippen molar-refractivity contribution in [2.45, 2.75) is 52.5 Å². The molecule has 0 radical (unpaired) electrons. The molecule has 1 fully saturated rings. The van der Waals surface area contributed by atoms with Crippen LogP contribution in [0, 0.1) is 5.41 Å². The van der Waals surface area contributed by atoms with Gasteiger partial charge >= 0.3 is 0 Å². The van der Waals surface area contributed by atoms with Crippen LogP contribution in [0.5, 0.6) is 5.75 Å². The smallest absolute Gasteiger partial charge is 0.226 e. The molecular formula is C20H30N2O3. The highest BCUT2D eigenvalue weighted by Crippen LogP contribution is 2.19. The lowest BCUT2D eigenvalue weighted by Gasteiger charge is -2.33. The first-order valence-corrected chi connectivity index (χ1v) is 8.97. The Kier molecular flexibility index (Phi) is 6.45. The standard InChI is InChI=1S/C20H30N2O3/c1-20(2,3)14-18(23)21-16-8-10-22(11-9-16)19(24)13-15-6-5-7-17(12-15)25-4/h5-7,12,16H,8-11,13-14H2,1-4H3,(H,21,23). The molecule has 0 saturated carbocycles. The number of rotatable bonds is 5. The quantitative estimate of drug-likeness (QED) is 0.892. The van der Waals surface area contributed by atoms with E-state index in [4.69, 9.17) is 4.74 Å². The van der Waals surface area contributed by atoms with E-state index >= 15 is 0 Å². The average Bonchev–Trinajstić information content (AvgIpc) is 2.53. The summed E-state index contributed by atoms with van der Waals surface area (Å²) >= 11 is 0. The van der Waals surface area contributed by atoms with Crippen molar-refractivity contribution in [3.63, 3.8) is 0 Å². The first kappa shape index (κ1) is 19.3. The summed E-state index contributed by atoms with van der Waals surface area (Å²) < 4.78 is 5.20. The van der Waals surface area contributed by atoms with Gasteiger partial charge in [-0.1, -0.05) is 32.9 Å². The van der Waals surface area contributed by atoms with Crippen LogP contribution >= 0.6 is 0 Å². The molecule has 1 saturated heterocycles. The molecule has 0 aliphatic carbocycles. The number of nitrogens with one attached hydrogen (secondary N) is 1. The predicted octanol–water partition coefficient (Wildman–Crippen LogP) is 2.78. The molecule has 1 aliphatic heterocycles. The van der Waals surface area contributed by atoms with E-state index < -0.39 is 0 Å². The van der Waals surface area contributed by atoms with Gasteiger partial charge < -0.3 is 15.0 Å². The van der Waals surface area contributed by atoms with Crippen LogP contribution in [-0.4, -0.2) is 43.0 Å². The number of carbonyl (C=O) groups is 2. The first-order chi connectivity index (χ1) is 11.8. The van der Waals surface area contributed by atoms with Gasteiger partial charge in [0.2, 0.25) is 11.8 Å². The number of ether oxygens (including phenoxy) is 1. The molecule has 1 aliphatic rings. The molecule has 25 heavy (non-hydrogen) atoms. The summed E-state index contributed by atoms with van der Waals surface area (Å²) in [6, 6.07) is 7.80. The van der Waals surface area contributed by atoms with Crippen LogP contribution in [0.25, 0.3) is 0 Å². The van der Waals surface area contributed by atoms with Gasteiger partial charge in [-0.15, -0.1) is 0 Å². The summed E-state index contributed by atoms with van der Waals surface area (Å²) in [6.45, 7) is 7.58. The molecule has 2 rings (SSSR count). The average molecular weight is 346 g/mol. The van der Waals surface area contributed by atoms with E-state index in [0.717, 1.165) is 24.2 Å². The molecular weight excluding hydrogens is 316 g/mol. The summed E-state index contributed by atoms with van der Waals surface area (Å²) in [4.78, 5) is 26.4. The Morgan fingerprint density at radius 2 is 1.92 bits per heavy atom. The molecule has 0 aromatic heterocycles. The molecule has 0 spiro atoms. The van der Waals surface area contributed by atoms with Crippen molar-refractivity contribution in [1.29, 1.82) is 0 Å². The fourth-order valence-electron chi connectivity index (χ4n) is 3.10. The zero-order chi connectivity index (χ0) is 18.4. The fourth-order valence-corrected chi connectivity index (χ4v) is 3.10. The van der Waals surface area contributed by atoms with Crippen molar-refractivity contribution < 1.29 is 14.3 Å². The predicted molar refractivity (Wildman–Crippen MR) is 98.5 cm³/mol. The molecule has 1 heterocycles. The van der Waals surface area contributed by atoms with Crippen LogP contribution in [-0.2, 0) is 16.0 Å². The number of amides is 2. The molecule has 0 unspecified atom stereocenters. The largest absolute Gasteiger partial charge is 0.497 e. The third-order valence-electron chi connectivity index (χ3n) is 4.39. The Morgan fingerprint density at radius 1 is 1.24 bits per heavy atom. The first-order valence-electron chi connectivity index (χ1n) is 8.97. The van der Waals surface area contributed by atoms with Crippen molar-refractivity contribution in [3.05, 3.63) is 29.8 Å². The van der Waals surface area contributed by atoms with E-state index in [1.807, 2.05) is 29.2 Å². The van der Waals surface area contributed by atoms with Gasteiger partial charge in [0.05, 0.1) is 13.5 Å². The van der Waals surface area contributed by atoms with Gasteiger partial charge in [-0.3, -0.25) is 9.59 Å². The molecule has 0 bridgehead atoms. The van der Waals surface area contributed by atoms with Crippen molar-refractivity contribution in [2.24, 2.45) is 5.41 Å². The molecule has 1 N–H and O–H groups in total. The van der Waals surface area contributed by atoms with E-state index in [2.05, 4.69) is 26.1 Å². The molecule has 1 aromatic carbocycles. The SMILES string of the molecule is COc1cccc(CC(=O)N2CCC(NC(=O)CC(C)(C)C)CC2)c1. The summed E-state index contributed by atoms with van der Waals surface area (Å²) in [7, 11) is 1.62.